The van der Waals surface area contributed by atoms with E-state index in [0.717, 1.165) is 5.56 Å². The molecule has 0 saturated carbocycles. The predicted molar refractivity (Wildman–Crippen MR) is 127 cm³/mol. The third-order valence-corrected chi connectivity index (χ3v) is 5.04. The lowest BCUT2D eigenvalue weighted by Crippen LogP contribution is -2.28. The van der Waals surface area contributed by atoms with Crippen molar-refractivity contribution >= 4 is 23.5 Å². The lowest BCUT2D eigenvalue weighted by molar-refractivity contribution is -0.118. The smallest absolute Gasteiger partial charge is 0.337 e. The summed E-state index contributed by atoms with van der Waals surface area (Å²) in [6, 6.07) is 20.6. The van der Waals surface area contributed by atoms with Crippen molar-refractivity contribution in [1.82, 2.24) is 5.32 Å². The van der Waals surface area contributed by atoms with Gasteiger partial charge in [0.05, 0.1) is 37.1 Å². The van der Waals surface area contributed by atoms with Crippen molar-refractivity contribution in [3.8, 4) is 11.5 Å². The normalized spacial score (nSPS) is 11.1. The molecule has 3 aromatic carbocycles. The summed E-state index contributed by atoms with van der Waals surface area (Å²) in [4.78, 5) is 37.1. The average molecular weight is 463 g/mol. The van der Waals surface area contributed by atoms with E-state index >= 15 is 0 Å². The highest BCUT2D eigenvalue weighted by Crippen LogP contribution is 2.28. The Bertz CT molecular complexity index is 1160. The summed E-state index contributed by atoms with van der Waals surface area (Å²) in [5, 5.41) is 5.65. The van der Waals surface area contributed by atoms with Gasteiger partial charge >= 0.3 is 5.97 Å². The molecule has 0 aliphatic rings. The van der Waals surface area contributed by atoms with Crippen molar-refractivity contribution in [2.75, 3.05) is 26.1 Å². The molecule has 0 aromatic heterocycles. The quantitative estimate of drug-likeness (QED) is 0.466. The Labute approximate surface area is 197 Å². The number of hydrogen-bond acceptors (Lipinski definition) is 6. The summed E-state index contributed by atoms with van der Waals surface area (Å²) in [7, 11) is 2.71. The van der Waals surface area contributed by atoms with Gasteiger partial charge in [-0.15, -0.1) is 0 Å². The van der Waals surface area contributed by atoms with E-state index < -0.39 is 11.9 Å². The van der Waals surface area contributed by atoms with Crippen molar-refractivity contribution in [1.29, 1.82) is 0 Å². The van der Waals surface area contributed by atoms with Crippen LogP contribution in [0, 0.1) is 0 Å². The molecule has 34 heavy (non-hydrogen) atoms. The second-order valence-electron chi connectivity index (χ2n) is 7.35. The molecule has 2 amide bonds. The van der Waals surface area contributed by atoms with E-state index in [1.54, 1.807) is 24.3 Å². The molecule has 8 nitrogen and oxygen atoms in total. The molecule has 0 saturated heterocycles. The van der Waals surface area contributed by atoms with Crippen molar-refractivity contribution in [2.24, 2.45) is 0 Å². The van der Waals surface area contributed by atoms with Gasteiger partial charge in [0.15, 0.2) is 18.1 Å². The number of carbonyl (C=O) groups is 3. The zero-order valence-corrected chi connectivity index (χ0v) is 19.2. The van der Waals surface area contributed by atoms with Crippen LogP contribution in [0.2, 0.25) is 0 Å². The predicted octanol–water partition coefficient (Wildman–Crippen LogP) is 3.99. The number of rotatable bonds is 9. The van der Waals surface area contributed by atoms with Gasteiger partial charge < -0.3 is 24.8 Å². The molecule has 3 aromatic rings. The Morgan fingerprint density at radius 1 is 0.882 bits per heavy atom. The Morgan fingerprint density at radius 3 is 2.29 bits per heavy atom. The maximum absolute atomic E-state index is 12.9. The zero-order chi connectivity index (χ0) is 24.5. The summed E-state index contributed by atoms with van der Waals surface area (Å²) >= 11 is 0. The van der Waals surface area contributed by atoms with Crippen LogP contribution in [0.15, 0.2) is 72.8 Å². The molecule has 1 unspecified atom stereocenters. The highest BCUT2D eigenvalue weighted by Gasteiger charge is 2.17. The molecule has 0 spiro atoms. The maximum atomic E-state index is 12.9. The molecule has 0 radical (unpaired) electrons. The highest BCUT2D eigenvalue weighted by atomic mass is 16.5. The fourth-order valence-corrected chi connectivity index (χ4v) is 3.25. The van der Waals surface area contributed by atoms with Gasteiger partial charge in [0.25, 0.3) is 11.8 Å². The first-order chi connectivity index (χ1) is 16.4. The van der Waals surface area contributed by atoms with Crippen molar-refractivity contribution < 1.29 is 28.6 Å². The minimum absolute atomic E-state index is 0.207. The number of amides is 2. The number of para-hydroxylation sites is 1. The molecule has 0 aliphatic heterocycles. The first-order valence-corrected chi connectivity index (χ1v) is 10.6. The first-order valence-electron chi connectivity index (χ1n) is 10.6. The van der Waals surface area contributed by atoms with Crippen LogP contribution in [0.5, 0.6) is 11.5 Å². The van der Waals surface area contributed by atoms with E-state index in [4.69, 9.17) is 9.47 Å². The van der Waals surface area contributed by atoms with Crippen LogP contribution in [-0.2, 0) is 9.53 Å². The van der Waals surface area contributed by atoms with Gasteiger partial charge in [-0.25, -0.2) is 4.79 Å². The third-order valence-electron chi connectivity index (χ3n) is 5.04. The number of nitrogens with one attached hydrogen (secondary N) is 2. The maximum Gasteiger partial charge on any atom is 0.337 e. The molecule has 8 heteroatoms. The average Bonchev–Trinajstić information content (AvgIpc) is 2.87. The summed E-state index contributed by atoms with van der Waals surface area (Å²) < 4.78 is 15.5. The van der Waals surface area contributed by atoms with Gasteiger partial charge in [-0.1, -0.05) is 42.5 Å². The number of benzene rings is 3. The highest BCUT2D eigenvalue weighted by molar-refractivity contribution is 6.04. The van der Waals surface area contributed by atoms with E-state index in [-0.39, 0.29) is 30.1 Å². The Hall–Kier alpha value is -4.33. The largest absolute Gasteiger partial charge is 0.493 e. The molecule has 0 fully saturated rings. The molecule has 3 rings (SSSR count). The monoisotopic (exact) mass is 462 g/mol. The molecule has 176 valence electrons. The van der Waals surface area contributed by atoms with Gasteiger partial charge in [-0.05, 0) is 42.8 Å². The van der Waals surface area contributed by atoms with Gasteiger partial charge in [0.2, 0.25) is 0 Å². The van der Waals surface area contributed by atoms with Crippen molar-refractivity contribution in [3.05, 3.63) is 89.5 Å². The number of ether oxygens (including phenoxy) is 3. The number of esters is 1. The molecular weight excluding hydrogens is 436 g/mol. The van der Waals surface area contributed by atoms with Gasteiger partial charge in [0, 0.05) is 0 Å². The SMILES string of the molecule is COC(=O)c1ccc(OCC(=O)Nc2ccccc2C(=O)NC(C)c2ccccc2)c(OC)c1. The Balaban J connectivity index is 1.65. The minimum atomic E-state index is -0.515. The van der Waals surface area contributed by atoms with Crippen LogP contribution in [0.25, 0.3) is 0 Å². The second kappa shape index (κ2) is 11.5. The van der Waals surface area contributed by atoms with Crippen molar-refractivity contribution in [2.45, 2.75) is 13.0 Å². The standard InChI is InChI=1S/C26H26N2O6/c1-17(18-9-5-4-6-10-18)27-25(30)20-11-7-8-12-21(20)28-24(29)16-34-22-14-13-19(26(31)33-3)15-23(22)32-2/h4-15,17H,16H2,1-3H3,(H,27,30)(H,28,29). The molecule has 2 N–H and O–H groups in total. The van der Waals surface area contributed by atoms with Crippen LogP contribution >= 0.6 is 0 Å². The Kier molecular flexibility index (Phi) is 8.23. The van der Waals surface area contributed by atoms with Crippen molar-refractivity contribution in [3.63, 3.8) is 0 Å². The van der Waals surface area contributed by atoms with Crippen LogP contribution in [-0.4, -0.2) is 38.6 Å². The lowest BCUT2D eigenvalue weighted by atomic mass is 10.1. The minimum Gasteiger partial charge on any atom is -0.493 e. The van der Waals surface area contributed by atoms with Gasteiger partial charge in [-0.2, -0.15) is 0 Å². The van der Waals surface area contributed by atoms with E-state index in [1.807, 2.05) is 37.3 Å². The number of hydrogen-bond donors (Lipinski definition) is 2. The van der Waals surface area contributed by atoms with Crippen LogP contribution < -0.4 is 20.1 Å². The second-order valence-corrected chi connectivity index (χ2v) is 7.35. The van der Waals surface area contributed by atoms with E-state index in [9.17, 15) is 14.4 Å². The number of methoxy groups -OCH3 is 2. The topological polar surface area (TPSA) is 103 Å². The van der Waals surface area contributed by atoms with E-state index in [2.05, 4.69) is 15.4 Å². The van der Waals surface area contributed by atoms with Crippen LogP contribution in [0.3, 0.4) is 0 Å². The number of anilines is 1. The van der Waals surface area contributed by atoms with E-state index in [0.29, 0.717) is 16.8 Å². The molecule has 0 heterocycles. The summed E-state index contributed by atoms with van der Waals surface area (Å²) in [5.74, 6) is -0.721. The molecule has 1 atom stereocenters. The lowest BCUT2D eigenvalue weighted by Gasteiger charge is -2.17. The third kappa shape index (κ3) is 6.13. The fraction of sp³-hybridized carbons (Fsp3) is 0.192. The molecule has 0 aliphatic carbocycles. The Morgan fingerprint density at radius 2 is 1.59 bits per heavy atom. The van der Waals surface area contributed by atoms with Crippen LogP contribution in [0.1, 0.15) is 39.2 Å². The van der Waals surface area contributed by atoms with Gasteiger partial charge in [-0.3, -0.25) is 9.59 Å². The zero-order valence-electron chi connectivity index (χ0n) is 19.2. The molecular formula is C26H26N2O6. The van der Waals surface area contributed by atoms with Crippen LogP contribution in [0.4, 0.5) is 5.69 Å². The summed E-state index contributed by atoms with van der Waals surface area (Å²) in [6.07, 6.45) is 0. The summed E-state index contributed by atoms with van der Waals surface area (Å²) in [6.45, 7) is 1.56. The first kappa shape index (κ1) is 24.3. The van der Waals surface area contributed by atoms with E-state index in [1.165, 1.54) is 32.4 Å². The van der Waals surface area contributed by atoms with Gasteiger partial charge in [0.1, 0.15) is 0 Å². The fourth-order valence-electron chi connectivity index (χ4n) is 3.25. The molecule has 0 bridgehead atoms. The summed E-state index contributed by atoms with van der Waals surface area (Å²) in [5.41, 5.74) is 1.96. The number of carbonyl (C=O) groups excluding carboxylic acids is 3.